The predicted octanol–water partition coefficient (Wildman–Crippen LogP) is 2.36. The molecule has 14 nitrogen and oxygen atoms in total. The number of nitrogens with zero attached hydrogens (tertiary/aromatic N) is 1. The van der Waals surface area contributed by atoms with Gasteiger partial charge < -0.3 is 42.6 Å². The van der Waals surface area contributed by atoms with Crippen molar-refractivity contribution < 1.29 is 29.0 Å². The highest BCUT2D eigenvalue weighted by Gasteiger charge is 2.28. The van der Waals surface area contributed by atoms with E-state index >= 15 is 0 Å². The molecule has 14 heteroatoms. The average molecular weight is 703 g/mol. The molecular weight excluding hydrogens is 652 g/mol. The van der Waals surface area contributed by atoms with Gasteiger partial charge in [0.15, 0.2) is 5.96 Å². The number of unbranched alkanes of at least 4 members (excludes halogenated alkanes) is 1. The fraction of sp³-hybridized carbons (Fsp3) is 0.378. The fourth-order valence-electron chi connectivity index (χ4n) is 5.01. The molecule has 0 bridgehead atoms. The van der Waals surface area contributed by atoms with Gasteiger partial charge in [0.05, 0.1) is 12.5 Å². The summed E-state index contributed by atoms with van der Waals surface area (Å²) in [5.41, 5.74) is 13.7. The Morgan fingerprint density at radius 3 is 2.29 bits per heavy atom. The number of rotatable bonds is 20. The largest absolute Gasteiger partial charge is 0.508 e. The van der Waals surface area contributed by atoms with Gasteiger partial charge in [0.25, 0.3) is 0 Å². The van der Waals surface area contributed by atoms with Gasteiger partial charge in [-0.15, -0.1) is 0 Å². The van der Waals surface area contributed by atoms with Crippen molar-refractivity contribution >= 4 is 29.7 Å². The van der Waals surface area contributed by atoms with Crippen LogP contribution in [0.1, 0.15) is 61.6 Å². The van der Waals surface area contributed by atoms with Crippen molar-refractivity contribution in [2.75, 3.05) is 32.8 Å². The second-order valence-corrected chi connectivity index (χ2v) is 11.7. The number of guanidine groups is 1. The third kappa shape index (κ3) is 14.8. The maximum atomic E-state index is 14.1. The molecule has 0 heterocycles. The van der Waals surface area contributed by atoms with Crippen molar-refractivity contribution in [1.82, 2.24) is 26.6 Å². The Labute approximate surface area is 298 Å². The van der Waals surface area contributed by atoms with Crippen LogP contribution >= 0.6 is 0 Å². The van der Waals surface area contributed by atoms with Crippen molar-refractivity contribution in [3.63, 3.8) is 0 Å². The summed E-state index contributed by atoms with van der Waals surface area (Å²) in [4.78, 5) is 55.3. The molecule has 0 radical (unpaired) electrons. The molecule has 3 rings (SSSR count). The standard InChI is InChI=1S/C37H50N8O6/c1-2-32(47)40-21-22-42-37(50)45-36(39)41-20-9-14-31(34(48)43-25-26-15-17-29(46)18-16-26)44-35(49)33(27-10-4-3-5-11-27)28-12-8-13-30(24-28)51-23-7-6-19-38/h3-5,8,10-13,15-18,24,31,33,46H,2,6-7,9,14,19-23,25,38H2,1H3,(H,40,47)(H,43,48)(H,44,49)(H4,39,41,42,45,50)/t31-,33?/m1/s1. The van der Waals surface area contributed by atoms with Crippen LogP contribution in [0.3, 0.4) is 0 Å². The van der Waals surface area contributed by atoms with E-state index in [4.69, 9.17) is 16.2 Å². The second kappa shape index (κ2) is 22.2. The lowest BCUT2D eigenvalue weighted by Gasteiger charge is -2.23. The Balaban J connectivity index is 1.71. The summed E-state index contributed by atoms with van der Waals surface area (Å²) < 4.78 is 5.93. The van der Waals surface area contributed by atoms with Crippen LogP contribution in [0.15, 0.2) is 83.9 Å². The van der Waals surface area contributed by atoms with E-state index in [0.717, 1.165) is 24.0 Å². The number of benzene rings is 3. The van der Waals surface area contributed by atoms with Crippen LogP contribution in [0.5, 0.6) is 11.5 Å². The van der Waals surface area contributed by atoms with Crippen LogP contribution in [0.4, 0.5) is 4.79 Å². The van der Waals surface area contributed by atoms with Crippen LogP contribution in [0, 0.1) is 0 Å². The van der Waals surface area contributed by atoms with Crippen LogP contribution in [-0.4, -0.2) is 73.6 Å². The molecule has 0 aromatic heterocycles. The molecule has 1 unspecified atom stereocenters. The second-order valence-electron chi connectivity index (χ2n) is 11.7. The monoisotopic (exact) mass is 702 g/mol. The van der Waals surface area contributed by atoms with Crippen LogP contribution in [-0.2, 0) is 20.9 Å². The molecule has 3 aromatic carbocycles. The highest BCUT2D eigenvalue weighted by molar-refractivity contribution is 5.95. The van der Waals surface area contributed by atoms with Gasteiger partial charge in [-0.3, -0.25) is 24.7 Å². The molecule has 0 aliphatic heterocycles. The minimum atomic E-state index is -0.928. The predicted molar refractivity (Wildman–Crippen MR) is 196 cm³/mol. The lowest BCUT2D eigenvalue weighted by Crippen LogP contribution is -2.48. The molecule has 0 spiro atoms. The van der Waals surface area contributed by atoms with E-state index in [-0.39, 0.29) is 56.1 Å². The third-order valence-electron chi connectivity index (χ3n) is 7.72. The quantitative estimate of drug-likeness (QED) is 0.0495. The van der Waals surface area contributed by atoms with Crippen molar-refractivity contribution in [1.29, 1.82) is 0 Å². The number of phenolic OH excluding ortho intramolecular Hbond substituents is 1. The van der Waals surface area contributed by atoms with Gasteiger partial charge in [-0.1, -0.05) is 61.5 Å². The van der Waals surface area contributed by atoms with Gasteiger partial charge >= 0.3 is 6.03 Å². The molecule has 0 aliphatic rings. The summed E-state index contributed by atoms with van der Waals surface area (Å²) in [6.07, 6.45) is 2.58. The highest BCUT2D eigenvalue weighted by atomic mass is 16.5. The molecular formula is C37H50N8O6. The number of aliphatic imine (C=N–C) groups is 1. The first-order valence-corrected chi connectivity index (χ1v) is 17.1. The van der Waals surface area contributed by atoms with E-state index in [1.165, 1.54) is 12.1 Å². The van der Waals surface area contributed by atoms with E-state index in [9.17, 15) is 24.3 Å². The van der Waals surface area contributed by atoms with Crippen molar-refractivity contribution in [2.24, 2.45) is 16.5 Å². The summed E-state index contributed by atoms with van der Waals surface area (Å²) in [7, 11) is 0. The number of carbonyl (C=O) groups excluding carboxylic acids is 4. The number of hydrogen-bond acceptors (Lipinski definition) is 8. The minimum Gasteiger partial charge on any atom is -0.508 e. The van der Waals surface area contributed by atoms with E-state index in [0.29, 0.717) is 37.3 Å². The highest BCUT2D eigenvalue weighted by Crippen LogP contribution is 2.28. The van der Waals surface area contributed by atoms with Crippen molar-refractivity contribution in [3.8, 4) is 11.5 Å². The molecule has 0 fully saturated rings. The Morgan fingerprint density at radius 2 is 1.57 bits per heavy atom. The number of nitrogens with one attached hydrogen (secondary N) is 5. The number of hydrogen-bond donors (Lipinski definition) is 8. The fourth-order valence-corrected chi connectivity index (χ4v) is 5.01. The van der Waals surface area contributed by atoms with Gasteiger partial charge in [0.2, 0.25) is 17.7 Å². The number of urea groups is 1. The number of aromatic hydroxyl groups is 1. The van der Waals surface area contributed by atoms with Crippen molar-refractivity contribution in [3.05, 3.63) is 95.6 Å². The van der Waals surface area contributed by atoms with E-state index in [1.54, 1.807) is 19.1 Å². The maximum absolute atomic E-state index is 14.1. The number of nitrogens with two attached hydrogens (primary N) is 2. The van der Waals surface area contributed by atoms with Gasteiger partial charge in [0, 0.05) is 32.6 Å². The molecule has 51 heavy (non-hydrogen) atoms. The summed E-state index contributed by atoms with van der Waals surface area (Å²) in [5.74, 6) is -1.00. The normalized spacial score (nSPS) is 12.2. The van der Waals surface area contributed by atoms with Crippen LogP contribution in [0.2, 0.25) is 0 Å². The Kier molecular flexibility index (Phi) is 17.3. The molecule has 3 aromatic rings. The van der Waals surface area contributed by atoms with Crippen LogP contribution < -0.4 is 42.8 Å². The molecule has 10 N–H and O–H groups in total. The molecule has 0 saturated carbocycles. The molecule has 2 atom stereocenters. The van der Waals surface area contributed by atoms with Gasteiger partial charge in [-0.25, -0.2) is 4.79 Å². The van der Waals surface area contributed by atoms with Gasteiger partial charge in [0.1, 0.15) is 17.5 Å². The summed E-state index contributed by atoms with van der Waals surface area (Å²) in [5, 5.41) is 23.1. The third-order valence-corrected chi connectivity index (χ3v) is 7.72. The van der Waals surface area contributed by atoms with E-state index in [2.05, 4.69) is 31.6 Å². The Hall–Kier alpha value is -5.63. The van der Waals surface area contributed by atoms with E-state index < -0.39 is 23.9 Å². The smallest absolute Gasteiger partial charge is 0.321 e. The number of amides is 5. The lowest BCUT2D eigenvalue weighted by atomic mass is 9.90. The van der Waals surface area contributed by atoms with Gasteiger partial charge in [-0.2, -0.15) is 0 Å². The first kappa shape index (κ1) is 39.8. The molecule has 0 aliphatic carbocycles. The summed E-state index contributed by atoms with van der Waals surface area (Å²) >= 11 is 0. The molecule has 5 amide bonds. The zero-order valence-corrected chi connectivity index (χ0v) is 29.0. The Bertz CT molecular complexity index is 1570. The topological polar surface area (TPSA) is 222 Å². The van der Waals surface area contributed by atoms with Crippen molar-refractivity contribution in [2.45, 2.75) is 57.5 Å². The first-order valence-electron chi connectivity index (χ1n) is 17.1. The zero-order valence-electron chi connectivity index (χ0n) is 29.0. The number of phenols is 1. The Morgan fingerprint density at radius 1 is 0.843 bits per heavy atom. The molecule has 0 saturated heterocycles. The number of ether oxygens (including phenoxy) is 1. The van der Waals surface area contributed by atoms with E-state index in [1.807, 2.05) is 54.6 Å². The van der Waals surface area contributed by atoms with Gasteiger partial charge in [-0.05, 0) is 73.2 Å². The zero-order chi connectivity index (χ0) is 36.8. The summed E-state index contributed by atoms with van der Waals surface area (Å²) in [6, 6.07) is 21.6. The maximum Gasteiger partial charge on any atom is 0.321 e. The number of carbonyl (C=O) groups is 4. The molecule has 274 valence electrons. The lowest BCUT2D eigenvalue weighted by molar-refractivity contribution is -0.129. The SMILES string of the molecule is CCC(=O)NCCNC(=O)NC(N)=NCCC[C@@H](NC(=O)C(c1ccccc1)c1cccc(OCCCCN)c1)C(=O)NCc1ccc(O)cc1. The first-order chi connectivity index (χ1) is 24.7. The summed E-state index contributed by atoms with van der Waals surface area (Å²) in [6.45, 7) is 3.65. The average Bonchev–Trinajstić information content (AvgIpc) is 3.13. The minimum absolute atomic E-state index is 0.111. The van der Waals surface area contributed by atoms with Crippen LogP contribution in [0.25, 0.3) is 0 Å².